The Bertz CT molecular complexity index is 1330. The molecule has 1 aliphatic heterocycles. The lowest BCUT2D eigenvalue weighted by Gasteiger charge is -2.22. The third kappa shape index (κ3) is 10.1. The molecule has 1 aliphatic carbocycles. The number of hydrogen-bond acceptors (Lipinski definition) is 8. The van der Waals surface area contributed by atoms with Crippen LogP contribution in [0.1, 0.15) is 72.8 Å². The van der Waals surface area contributed by atoms with Gasteiger partial charge in [0.2, 0.25) is 0 Å². The SMILES string of the molecule is CC(C)(C)OC(=O)NCCOCCOCCN1CCCN(C(=O)c2cc(Cc3n[nH]c(=O)c4c3CCCC4)ccc2F)CC1. The minimum absolute atomic E-state index is 0.0684. The predicted molar refractivity (Wildman–Crippen MR) is 164 cm³/mol. The molecule has 0 atom stereocenters. The van der Waals surface area contributed by atoms with Crippen LogP contribution in [0.15, 0.2) is 23.0 Å². The van der Waals surface area contributed by atoms with Crippen molar-refractivity contribution in [1.82, 2.24) is 25.3 Å². The molecule has 1 fully saturated rings. The maximum atomic E-state index is 14.9. The van der Waals surface area contributed by atoms with Crippen molar-refractivity contribution in [3.63, 3.8) is 0 Å². The van der Waals surface area contributed by atoms with Crippen LogP contribution in [0.25, 0.3) is 0 Å². The van der Waals surface area contributed by atoms with Crippen molar-refractivity contribution < 1.29 is 28.2 Å². The Kier molecular flexibility index (Phi) is 12.3. The number of alkyl carbamates (subject to hydrolysis) is 1. The van der Waals surface area contributed by atoms with Crippen molar-refractivity contribution in [1.29, 1.82) is 0 Å². The van der Waals surface area contributed by atoms with Gasteiger partial charge in [0.05, 0.1) is 37.7 Å². The third-order valence-corrected chi connectivity index (χ3v) is 7.73. The van der Waals surface area contributed by atoms with Crippen LogP contribution in [-0.2, 0) is 33.5 Å². The molecule has 2 heterocycles. The summed E-state index contributed by atoms with van der Waals surface area (Å²) < 4.78 is 31.2. The van der Waals surface area contributed by atoms with Gasteiger partial charge in [-0.1, -0.05) is 6.07 Å². The molecule has 242 valence electrons. The van der Waals surface area contributed by atoms with Crippen molar-refractivity contribution in [3.8, 4) is 0 Å². The molecule has 4 rings (SSSR count). The summed E-state index contributed by atoms with van der Waals surface area (Å²) in [6.07, 6.45) is 4.31. The molecular weight excluding hydrogens is 569 g/mol. The fourth-order valence-electron chi connectivity index (χ4n) is 5.54. The van der Waals surface area contributed by atoms with Gasteiger partial charge < -0.3 is 24.4 Å². The van der Waals surface area contributed by atoms with Crippen molar-refractivity contribution >= 4 is 12.0 Å². The van der Waals surface area contributed by atoms with Crippen LogP contribution < -0.4 is 10.9 Å². The predicted octanol–water partition coefficient (Wildman–Crippen LogP) is 3.08. The monoisotopic (exact) mass is 615 g/mol. The van der Waals surface area contributed by atoms with E-state index in [4.69, 9.17) is 14.2 Å². The second-order valence-corrected chi connectivity index (χ2v) is 12.3. The summed E-state index contributed by atoms with van der Waals surface area (Å²) in [6, 6.07) is 4.67. The number of hydrogen-bond donors (Lipinski definition) is 2. The van der Waals surface area contributed by atoms with Gasteiger partial charge in [0.1, 0.15) is 11.4 Å². The largest absolute Gasteiger partial charge is 0.444 e. The van der Waals surface area contributed by atoms with Gasteiger partial charge in [-0.15, -0.1) is 0 Å². The first-order chi connectivity index (χ1) is 21.1. The second kappa shape index (κ2) is 16.1. The number of fused-ring (bicyclic) bond motifs is 1. The Morgan fingerprint density at radius 3 is 2.50 bits per heavy atom. The topological polar surface area (TPSA) is 126 Å². The highest BCUT2D eigenvalue weighted by atomic mass is 19.1. The third-order valence-electron chi connectivity index (χ3n) is 7.73. The minimum Gasteiger partial charge on any atom is -0.444 e. The van der Waals surface area contributed by atoms with Crippen molar-refractivity contribution in [2.24, 2.45) is 0 Å². The number of carbonyl (C=O) groups excluding carboxylic acids is 2. The number of carbonyl (C=O) groups is 2. The van der Waals surface area contributed by atoms with Crippen molar-refractivity contribution in [3.05, 3.63) is 62.3 Å². The molecule has 2 amide bonds. The van der Waals surface area contributed by atoms with Crippen LogP contribution in [0.3, 0.4) is 0 Å². The van der Waals surface area contributed by atoms with Gasteiger partial charge in [-0.2, -0.15) is 5.10 Å². The second-order valence-electron chi connectivity index (χ2n) is 12.3. The number of rotatable bonds is 12. The summed E-state index contributed by atoms with van der Waals surface area (Å²) in [5.41, 5.74) is 2.79. The van der Waals surface area contributed by atoms with Gasteiger partial charge >= 0.3 is 6.09 Å². The van der Waals surface area contributed by atoms with Crippen LogP contribution in [0.2, 0.25) is 0 Å². The van der Waals surface area contributed by atoms with Crippen LogP contribution in [0.5, 0.6) is 0 Å². The van der Waals surface area contributed by atoms with E-state index < -0.39 is 17.5 Å². The summed E-state index contributed by atoms with van der Waals surface area (Å²) in [7, 11) is 0. The van der Waals surface area contributed by atoms with Gasteiger partial charge in [-0.25, -0.2) is 14.3 Å². The average molecular weight is 616 g/mol. The van der Waals surface area contributed by atoms with E-state index >= 15 is 0 Å². The number of benzene rings is 1. The maximum Gasteiger partial charge on any atom is 0.407 e. The first kappa shape index (κ1) is 33.5. The number of H-pyrrole nitrogens is 1. The molecule has 0 saturated carbocycles. The Morgan fingerprint density at radius 1 is 0.977 bits per heavy atom. The Balaban J connectivity index is 1.18. The minimum atomic E-state index is -0.535. The van der Waals surface area contributed by atoms with Crippen LogP contribution in [0.4, 0.5) is 9.18 Å². The summed E-state index contributed by atoms with van der Waals surface area (Å²) >= 11 is 0. The number of aromatic amines is 1. The Hall–Kier alpha value is -3.35. The van der Waals surface area contributed by atoms with Crippen molar-refractivity contribution in [2.75, 3.05) is 65.7 Å². The van der Waals surface area contributed by atoms with E-state index in [-0.39, 0.29) is 17.0 Å². The fraction of sp³-hybridized carbons (Fsp3) is 0.625. The number of amides is 2. The number of ether oxygens (including phenoxy) is 3. The first-order valence-electron chi connectivity index (χ1n) is 15.6. The first-order valence-corrected chi connectivity index (χ1v) is 15.6. The van der Waals surface area contributed by atoms with E-state index in [1.807, 2.05) is 20.8 Å². The highest BCUT2D eigenvalue weighted by Crippen LogP contribution is 2.23. The van der Waals surface area contributed by atoms with Crippen molar-refractivity contribution in [2.45, 2.75) is 64.9 Å². The molecule has 2 aliphatic rings. The Labute approximate surface area is 258 Å². The van der Waals surface area contributed by atoms with E-state index in [9.17, 15) is 18.8 Å². The standard InChI is InChI=1S/C32H46FN5O6/c1-32(2,3)44-31(41)34-11-17-42-19-20-43-18-16-37-12-6-13-38(15-14-37)30(40)26-21-23(9-10-27(26)33)22-28-24-7-4-5-8-25(24)29(39)36-35-28/h9-10,21H,4-8,11-20,22H2,1-3H3,(H,34,41)(H,36,39). The molecule has 0 bridgehead atoms. The number of halogens is 1. The van der Waals surface area contributed by atoms with Gasteiger partial charge in [0.15, 0.2) is 0 Å². The van der Waals surface area contributed by atoms with Gasteiger partial charge in [-0.05, 0) is 82.7 Å². The zero-order valence-electron chi connectivity index (χ0n) is 26.2. The fourth-order valence-corrected chi connectivity index (χ4v) is 5.54. The molecule has 44 heavy (non-hydrogen) atoms. The molecule has 2 aromatic rings. The molecule has 1 aromatic heterocycles. The van der Waals surface area contributed by atoms with Crippen LogP contribution in [0, 0.1) is 5.82 Å². The summed E-state index contributed by atoms with van der Waals surface area (Å²) in [4.78, 5) is 41.2. The summed E-state index contributed by atoms with van der Waals surface area (Å²) in [6.45, 7) is 10.8. The zero-order chi connectivity index (χ0) is 31.5. The van der Waals surface area contributed by atoms with Gasteiger partial charge in [0.25, 0.3) is 11.5 Å². The van der Waals surface area contributed by atoms with Gasteiger partial charge in [-0.3, -0.25) is 14.5 Å². The molecule has 12 heteroatoms. The van der Waals surface area contributed by atoms with Gasteiger partial charge in [0, 0.05) is 44.7 Å². The molecule has 2 N–H and O–H groups in total. The molecular formula is C32H46FN5O6. The molecule has 1 aromatic carbocycles. The smallest absolute Gasteiger partial charge is 0.407 e. The lowest BCUT2D eigenvalue weighted by atomic mass is 9.90. The highest BCUT2D eigenvalue weighted by Gasteiger charge is 2.24. The number of aromatic nitrogens is 2. The lowest BCUT2D eigenvalue weighted by Crippen LogP contribution is -2.36. The lowest BCUT2D eigenvalue weighted by molar-refractivity contribution is 0.0347. The maximum absolute atomic E-state index is 14.9. The molecule has 0 spiro atoms. The van der Waals surface area contributed by atoms with E-state index in [1.165, 1.54) is 6.07 Å². The average Bonchev–Trinajstić information content (AvgIpc) is 3.23. The van der Waals surface area contributed by atoms with E-state index in [2.05, 4.69) is 20.4 Å². The number of nitrogens with zero attached hydrogens (tertiary/aromatic N) is 3. The van der Waals surface area contributed by atoms with Crippen LogP contribution >= 0.6 is 0 Å². The number of nitrogens with one attached hydrogen (secondary N) is 2. The normalized spacial score (nSPS) is 15.9. The van der Waals surface area contributed by atoms with Crippen LogP contribution in [-0.4, -0.2) is 103 Å². The summed E-state index contributed by atoms with van der Waals surface area (Å²) in [5, 5.41) is 9.55. The van der Waals surface area contributed by atoms with E-state index in [0.29, 0.717) is 59.0 Å². The molecule has 11 nitrogen and oxygen atoms in total. The van der Waals surface area contributed by atoms with E-state index in [1.54, 1.807) is 17.0 Å². The Morgan fingerprint density at radius 2 is 1.73 bits per heavy atom. The molecule has 0 radical (unpaired) electrons. The molecule has 0 unspecified atom stereocenters. The highest BCUT2D eigenvalue weighted by molar-refractivity contribution is 5.94. The summed E-state index contributed by atoms with van der Waals surface area (Å²) in [5.74, 6) is -0.843. The molecule has 1 saturated heterocycles. The van der Waals surface area contributed by atoms with E-state index in [0.717, 1.165) is 67.6 Å². The zero-order valence-corrected chi connectivity index (χ0v) is 26.2. The quantitative estimate of drug-likeness (QED) is 0.349.